The van der Waals surface area contributed by atoms with Gasteiger partial charge in [0.15, 0.2) is 0 Å². The van der Waals surface area contributed by atoms with E-state index in [9.17, 15) is 13.2 Å². The molecule has 0 saturated heterocycles. The van der Waals surface area contributed by atoms with Crippen LogP contribution in [0.1, 0.15) is 41.3 Å². The molecule has 0 saturated carbocycles. The zero-order valence-corrected chi connectivity index (χ0v) is 11.2. The van der Waals surface area contributed by atoms with E-state index in [1.54, 1.807) is 6.20 Å². The minimum absolute atomic E-state index is 0.108. The number of fused-ring (bicyclic) bond motifs is 1. The van der Waals surface area contributed by atoms with Crippen LogP contribution >= 0.6 is 0 Å². The van der Waals surface area contributed by atoms with Crippen LogP contribution in [0.2, 0.25) is 0 Å². The molecule has 0 amide bonds. The van der Waals surface area contributed by atoms with Gasteiger partial charge in [-0.15, -0.1) is 0 Å². The molecule has 2 N–H and O–H groups in total. The van der Waals surface area contributed by atoms with E-state index in [2.05, 4.69) is 9.97 Å². The standard InChI is InChI=1S/C15H14F3N3/c16-15(17,18)10-7-12(21-13(19)8-10)11-5-1-3-9-4-2-6-20-14(9)11/h2,4,6-8,11H,1,3,5H2,(H2,19,21). The summed E-state index contributed by atoms with van der Waals surface area (Å²) in [5.41, 5.74) is 7.03. The van der Waals surface area contributed by atoms with E-state index in [4.69, 9.17) is 5.73 Å². The smallest absolute Gasteiger partial charge is 0.384 e. The molecule has 6 heteroatoms. The van der Waals surface area contributed by atoms with E-state index in [0.717, 1.165) is 42.7 Å². The van der Waals surface area contributed by atoms with Gasteiger partial charge >= 0.3 is 6.18 Å². The van der Waals surface area contributed by atoms with Crippen LogP contribution in [0, 0.1) is 0 Å². The number of nitrogens with zero attached hydrogens (tertiary/aromatic N) is 2. The fourth-order valence-corrected chi connectivity index (χ4v) is 2.81. The molecule has 2 heterocycles. The summed E-state index contributed by atoms with van der Waals surface area (Å²) in [6.45, 7) is 0. The lowest BCUT2D eigenvalue weighted by Gasteiger charge is -2.24. The third-order valence-corrected chi connectivity index (χ3v) is 3.74. The Labute approximate surface area is 120 Å². The lowest BCUT2D eigenvalue weighted by molar-refractivity contribution is -0.137. The lowest BCUT2D eigenvalue weighted by Crippen LogP contribution is -2.16. The number of hydrogen-bond donors (Lipinski definition) is 1. The summed E-state index contributed by atoms with van der Waals surface area (Å²) in [5.74, 6) is -0.331. The molecule has 0 aromatic carbocycles. The first kappa shape index (κ1) is 13.9. The Hall–Kier alpha value is -2.11. The number of aryl methyl sites for hydroxylation is 1. The molecule has 1 unspecified atom stereocenters. The number of halogens is 3. The second-order valence-electron chi connectivity index (χ2n) is 5.20. The van der Waals surface area contributed by atoms with Crippen LogP contribution in [-0.4, -0.2) is 9.97 Å². The van der Waals surface area contributed by atoms with Gasteiger partial charge in [-0.05, 0) is 43.0 Å². The van der Waals surface area contributed by atoms with Gasteiger partial charge in [0.2, 0.25) is 0 Å². The molecule has 21 heavy (non-hydrogen) atoms. The van der Waals surface area contributed by atoms with Crippen LogP contribution in [0.3, 0.4) is 0 Å². The molecule has 2 aromatic rings. The van der Waals surface area contributed by atoms with Gasteiger partial charge in [-0.3, -0.25) is 4.98 Å². The summed E-state index contributed by atoms with van der Waals surface area (Å²) >= 11 is 0. The number of aromatic nitrogens is 2. The van der Waals surface area contributed by atoms with Gasteiger partial charge in [-0.25, -0.2) is 4.98 Å². The second-order valence-corrected chi connectivity index (χ2v) is 5.20. The molecule has 0 spiro atoms. The van der Waals surface area contributed by atoms with Crippen LogP contribution in [-0.2, 0) is 12.6 Å². The number of nitrogen functional groups attached to an aromatic ring is 1. The van der Waals surface area contributed by atoms with Crippen molar-refractivity contribution in [1.82, 2.24) is 9.97 Å². The molecule has 0 aliphatic heterocycles. The number of pyridine rings is 2. The number of nitrogens with two attached hydrogens (primary N) is 1. The normalized spacial score (nSPS) is 18.3. The second kappa shape index (κ2) is 5.02. The largest absolute Gasteiger partial charge is 0.416 e. The maximum absolute atomic E-state index is 12.9. The molecule has 0 bridgehead atoms. The van der Waals surface area contributed by atoms with E-state index in [1.807, 2.05) is 12.1 Å². The first-order valence-corrected chi connectivity index (χ1v) is 6.73. The van der Waals surface area contributed by atoms with E-state index in [1.165, 1.54) is 0 Å². The highest BCUT2D eigenvalue weighted by molar-refractivity contribution is 5.41. The molecule has 0 radical (unpaired) electrons. The maximum atomic E-state index is 12.9. The Morgan fingerprint density at radius 1 is 1.24 bits per heavy atom. The van der Waals surface area contributed by atoms with E-state index >= 15 is 0 Å². The molecule has 1 atom stereocenters. The average molecular weight is 293 g/mol. The van der Waals surface area contributed by atoms with Crippen LogP contribution in [0.4, 0.5) is 19.0 Å². The van der Waals surface area contributed by atoms with Crippen molar-refractivity contribution >= 4 is 5.82 Å². The van der Waals surface area contributed by atoms with E-state index in [0.29, 0.717) is 5.69 Å². The summed E-state index contributed by atoms with van der Waals surface area (Å²) in [7, 11) is 0. The molecule has 1 aliphatic carbocycles. The molecular weight excluding hydrogens is 279 g/mol. The summed E-state index contributed by atoms with van der Waals surface area (Å²) in [6, 6.07) is 5.76. The fourth-order valence-electron chi connectivity index (χ4n) is 2.81. The van der Waals surface area contributed by atoms with Gasteiger partial charge in [-0.1, -0.05) is 6.07 Å². The Morgan fingerprint density at radius 3 is 2.81 bits per heavy atom. The molecule has 3 rings (SSSR count). The summed E-state index contributed by atoms with van der Waals surface area (Å²) < 4.78 is 38.7. The number of alkyl halides is 3. The highest BCUT2D eigenvalue weighted by atomic mass is 19.4. The molecule has 2 aromatic heterocycles. The van der Waals surface area contributed by atoms with Crippen LogP contribution in [0.25, 0.3) is 0 Å². The number of rotatable bonds is 1. The Morgan fingerprint density at radius 2 is 2.05 bits per heavy atom. The Balaban J connectivity index is 2.08. The van der Waals surface area contributed by atoms with Gasteiger partial charge in [-0.2, -0.15) is 13.2 Å². The van der Waals surface area contributed by atoms with E-state index in [-0.39, 0.29) is 11.7 Å². The quantitative estimate of drug-likeness (QED) is 0.875. The first-order chi connectivity index (χ1) is 9.95. The summed E-state index contributed by atoms with van der Waals surface area (Å²) in [6.07, 6.45) is -0.228. The zero-order chi connectivity index (χ0) is 15.0. The van der Waals surface area contributed by atoms with Crippen molar-refractivity contribution in [1.29, 1.82) is 0 Å². The predicted molar refractivity (Wildman–Crippen MR) is 72.7 cm³/mol. The summed E-state index contributed by atoms with van der Waals surface area (Å²) in [5, 5.41) is 0. The molecule has 0 fully saturated rings. The third kappa shape index (κ3) is 2.70. The third-order valence-electron chi connectivity index (χ3n) is 3.74. The Bertz CT molecular complexity index is 667. The SMILES string of the molecule is Nc1cc(C(F)(F)F)cc(C2CCCc3cccnc32)n1. The van der Waals surface area contributed by atoms with Gasteiger partial charge in [0.25, 0.3) is 0 Å². The number of anilines is 1. The topological polar surface area (TPSA) is 51.8 Å². The van der Waals surface area contributed by atoms with E-state index < -0.39 is 11.7 Å². The van der Waals surface area contributed by atoms with Crippen molar-refractivity contribution in [2.24, 2.45) is 0 Å². The van der Waals surface area contributed by atoms with Crippen molar-refractivity contribution in [3.63, 3.8) is 0 Å². The minimum Gasteiger partial charge on any atom is -0.384 e. The molecule has 1 aliphatic rings. The predicted octanol–water partition coefficient (Wildman–Crippen LogP) is 3.55. The van der Waals surface area contributed by atoms with Crippen molar-refractivity contribution in [2.75, 3.05) is 5.73 Å². The average Bonchev–Trinajstić information content (AvgIpc) is 2.45. The summed E-state index contributed by atoms with van der Waals surface area (Å²) in [4.78, 5) is 8.44. The Kier molecular flexibility index (Phi) is 3.31. The van der Waals surface area contributed by atoms with Crippen LogP contribution < -0.4 is 5.73 Å². The molecular formula is C15H14F3N3. The van der Waals surface area contributed by atoms with Crippen LogP contribution in [0.15, 0.2) is 30.5 Å². The molecule has 110 valence electrons. The van der Waals surface area contributed by atoms with Crippen molar-refractivity contribution < 1.29 is 13.2 Å². The van der Waals surface area contributed by atoms with Crippen molar-refractivity contribution in [3.8, 4) is 0 Å². The van der Waals surface area contributed by atoms with Gasteiger partial charge in [0, 0.05) is 12.1 Å². The fraction of sp³-hybridized carbons (Fsp3) is 0.333. The van der Waals surface area contributed by atoms with Crippen LogP contribution in [0.5, 0.6) is 0 Å². The molecule has 3 nitrogen and oxygen atoms in total. The maximum Gasteiger partial charge on any atom is 0.416 e. The lowest BCUT2D eigenvalue weighted by atomic mass is 9.84. The first-order valence-electron chi connectivity index (χ1n) is 6.73. The highest BCUT2D eigenvalue weighted by Gasteiger charge is 2.33. The minimum atomic E-state index is -4.42. The zero-order valence-electron chi connectivity index (χ0n) is 11.2. The van der Waals surface area contributed by atoms with Crippen molar-refractivity contribution in [2.45, 2.75) is 31.4 Å². The van der Waals surface area contributed by atoms with Crippen molar-refractivity contribution in [3.05, 3.63) is 53.0 Å². The monoisotopic (exact) mass is 293 g/mol. The van der Waals surface area contributed by atoms with Gasteiger partial charge in [0.1, 0.15) is 5.82 Å². The van der Waals surface area contributed by atoms with Gasteiger partial charge < -0.3 is 5.73 Å². The number of hydrogen-bond acceptors (Lipinski definition) is 3. The van der Waals surface area contributed by atoms with Gasteiger partial charge in [0.05, 0.1) is 17.0 Å². The highest BCUT2D eigenvalue weighted by Crippen LogP contribution is 2.37.